The van der Waals surface area contributed by atoms with E-state index < -0.39 is 37.3 Å². The van der Waals surface area contributed by atoms with Gasteiger partial charge in [0, 0.05) is 6.61 Å². The highest BCUT2D eigenvalue weighted by Gasteiger charge is 2.34. The Morgan fingerprint density at radius 3 is 1.60 bits per heavy atom. The number of rotatable bonds is 17. The Bertz CT molecular complexity index is 291. The van der Waals surface area contributed by atoms with Crippen molar-refractivity contribution in [2.75, 3.05) is 13.2 Å². The van der Waals surface area contributed by atoms with Crippen LogP contribution in [0.1, 0.15) is 71.1 Å². The highest BCUT2D eigenvalue weighted by atomic mass is 16.6. The third-order valence-electron chi connectivity index (χ3n) is 4.36. The first kappa shape index (κ1) is 24.7. The Kier molecular flexibility index (Phi) is 15.8. The predicted octanol–water partition coefficient (Wildman–Crippen LogP) is 0.678. The molecule has 152 valence electrons. The van der Waals surface area contributed by atoms with Crippen molar-refractivity contribution in [2.24, 2.45) is 0 Å². The third kappa shape index (κ3) is 11.9. The van der Waals surface area contributed by atoms with Crippen LogP contribution in [0.15, 0.2) is 0 Å². The highest BCUT2D eigenvalue weighted by molar-refractivity contribution is 4.81. The van der Waals surface area contributed by atoms with Crippen LogP contribution in [0.4, 0.5) is 0 Å². The molecule has 5 atom stereocenters. The SMILES string of the molecule is CCCCCCCCCCCCOC(O)[C@H](O)[C@@H](O)[C@H](O)[C@H](O)CO. The quantitative estimate of drug-likeness (QED) is 0.165. The van der Waals surface area contributed by atoms with E-state index in [0.717, 1.165) is 19.3 Å². The van der Waals surface area contributed by atoms with Gasteiger partial charge in [0.25, 0.3) is 0 Å². The monoisotopic (exact) mass is 366 g/mol. The molecule has 0 aromatic rings. The van der Waals surface area contributed by atoms with Gasteiger partial charge in [0.05, 0.1) is 6.61 Å². The van der Waals surface area contributed by atoms with E-state index in [1.54, 1.807) is 0 Å². The lowest BCUT2D eigenvalue weighted by Crippen LogP contribution is -2.50. The Labute approximate surface area is 151 Å². The topological polar surface area (TPSA) is 131 Å². The summed E-state index contributed by atoms with van der Waals surface area (Å²) in [5, 5.41) is 56.3. The smallest absolute Gasteiger partial charge is 0.183 e. The first-order valence-corrected chi connectivity index (χ1v) is 9.58. The molecule has 6 N–H and O–H groups in total. The molecule has 0 aliphatic heterocycles. The molecular formula is C18H38O7. The van der Waals surface area contributed by atoms with E-state index in [1.165, 1.54) is 44.9 Å². The van der Waals surface area contributed by atoms with Crippen molar-refractivity contribution in [3.05, 3.63) is 0 Å². The summed E-state index contributed by atoms with van der Waals surface area (Å²) in [7, 11) is 0. The Balaban J connectivity index is 3.64. The van der Waals surface area contributed by atoms with Crippen LogP contribution < -0.4 is 0 Å². The van der Waals surface area contributed by atoms with Crippen molar-refractivity contribution < 1.29 is 35.4 Å². The minimum absolute atomic E-state index is 0.236. The lowest BCUT2D eigenvalue weighted by atomic mass is 10.0. The summed E-state index contributed by atoms with van der Waals surface area (Å²) in [5.41, 5.74) is 0. The molecule has 0 saturated carbocycles. The number of unbranched alkanes of at least 4 members (excludes halogenated alkanes) is 9. The molecule has 0 aromatic carbocycles. The average molecular weight is 366 g/mol. The standard InChI is InChI=1S/C18H38O7/c1-2-3-4-5-6-7-8-9-10-11-12-25-18(24)17(23)16(22)15(21)14(20)13-19/h14-24H,2-13H2,1H3/t14-,15-,16+,17-,18?/m1/s1. The van der Waals surface area contributed by atoms with Gasteiger partial charge >= 0.3 is 0 Å². The van der Waals surface area contributed by atoms with E-state index in [4.69, 9.17) is 9.84 Å². The number of hydrogen-bond donors (Lipinski definition) is 6. The second-order valence-electron chi connectivity index (χ2n) is 6.67. The molecular weight excluding hydrogens is 328 g/mol. The lowest BCUT2D eigenvalue weighted by Gasteiger charge is -2.28. The van der Waals surface area contributed by atoms with Gasteiger partial charge in [-0.15, -0.1) is 0 Å². The van der Waals surface area contributed by atoms with E-state index in [0.29, 0.717) is 0 Å². The van der Waals surface area contributed by atoms with Crippen LogP contribution in [0.2, 0.25) is 0 Å². The number of aliphatic hydroxyl groups is 6. The fraction of sp³-hybridized carbons (Fsp3) is 1.00. The molecule has 0 aromatic heterocycles. The van der Waals surface area contributed by atoms with Crippen LogP contribution in [-0.2, 0) is 4.74 Å². The summed E-state index contributed by atoms with van der Waals surface area (Å²) in [6.07, 6.45) is 3.10. The number of hydrogen-bond acceptors (Lipinski definition) is 7. The minimum atomic E-state index is -1.81. The average Bonchev–Trinajstić information content (AvgIpc) is 2.63. The molecule has 1 unspecified atom stereocenters. The van der Waals surface area contributed by atoms with Gasteiger partial charge in [-0.05, 0) is 6.42 Å². The van der Waals surface area contributed by atoms with E-state index in [1.807, 2.05) is 0 Å². The Morgan fingerprint density at radius 2 is 1.12 bits per heavy atom. The molecule has 0 aliphatic rings. The molecule has 0 heterocycles. The third-order valence-corrected chi connectivity index (χ3v) is 4.36. The summed E-state index contributed by atoms with van der Waals surface area (Å²) in [6.45, 7) is 1.68. The molecule has 0 saturated heterocycles. The first-order valence-electron chi connectivity index (χ1n) is 9.58. The van der Waals surface area contributed by atoms with Gasteiger partial charge in [-0.2, -0.15) is 0 Å². The minimum Gasteiger partial charge on any atom is -0.394 e. The fourth-order valence-corrected chi connectivity index (χ4v) is 2.60. The van der Waals surface area contributed by atoms with Gasteiger partial charge in [-0.3, -0.25) is 0 Å². The fourth-order valence-electron chi connectivity index (χ4n) is 2.60. The van der Waals surface area contributed by atoms with Crippen molar-refractivity contribution in [2.45, 2.75) is 102 Å². The van der Waals surface area contributed by atoms with E-state index >= 15 is 0 Å². The van der Waals surface area contributed by atoms with Crippen molar-refractivity contribution in [3.63, 3.8) is 0 Å². The van der Waals surface area contributed by atoms with Gasteiger partial charge in [0.2, 0.25) is 0 Å². The summed E-state index contributed by atoms with van der Waals surface area (Å²) in [6, 6.07) is 0. The zero-order valence-electron chi connectivity index (χ0n) is 15.5. The van der Waals surface area contributed by atoms with Gasteiger partial charge in [0.1, 0.15) is 24.4 Å². The molecule has 25 heavy (non-hydrogen) atoms. The molecule has 0 amide bonds. The van der Waals surface area contributed by atoms with Crippen molar-refractivity contribution >= 4 is 0 Å². The number of aliphatic hydroxyl groups excluding tert-OH is 6. The molecule has 7 heteroatoms. The maximum Gasteiger partial charge on any atom is 0.183 e. The van der Waals surface area contributed by atoms with Gasteiger partial charge in [-0.1, -0.05) is 64.7 Å². The van der Waals surface area contributed by atoms with Crippen molar-refractivity contribution in [1.82, 2.24) is 0 Å². The zero-order valence-corrected chi connectivity index (χ0v) is 15.5. The van der Waals surface area contributed by atoms with Crippen LogP contribution in [0.3, 0.4) is 0 Å². The molecule has 0 aliphatic carbocycles. The van der Waals surface area contributed by atoms with Crippen molar-refractivity contribution in [3.8, 4) is 0 Å². The molecule has 7 nitrogen and oxygen atoms in total. The van der Waals surface area contributed by atoms with Crippen LogP contribution in [0, 0.1) is 0 Å². The van der Waals surface area contributed by atoms with E-state index in [2.05, 4.69) is 6.92 Å². The van der Waals surface area contributed by atoms with Crippen LogP contribution in [0.25, 0.3) is 0 Å². The van der Waals surface area contributed by atoms with Crippen molar-refractivity contribution in [1.29, 1.82) is 0 Å². The summed E-state index contributed by atoms with van der Waals surface area (Å²) >= 11 is 0. The molecule has 0 rings (SSSR count). The van der Waals surface area contributed by atoms with Crippen LogP contribution in [-0.4, -0.2) is 74.6 Å². The largest absolute Gasteiger partial charge is 0.394 e. The predicted molar refractivity (Wildman–Crippen MR) is 94.9 cm³/mol. The maximum atomic E-state index is 9.68. The highest BCUT2D eigenvalue weighted by Crippen LogP contribution is 2.12. The van der Waals surface area contributed by atoms with Crippen LogP contribution >= 0.6 is 0 Å². The Hall–Kier alpha value is -0.280. The molecule has 0 fully saturated rings. The summed E-state index contributed by atoms with van der Waals surface area (Å²) in [5.74, 6) is 0. The second kappa shape index (κ2) is 15.9. The zero-order chi connectivity index (χ0) is 19.1. The normalized spacial score (nSPS) is 17.9. The first-order chi connectivity index (χ1) is 12.0. The maximum absolute atomic E-state index is 9.68. The van der Waals surface area contributed by atoms with Gasteiger partial charge in [0.15, 0.2) is 6.29 Å². The second-order valence-corrected chi connectivity index (χ2v) is 6.67. The molecule has 0 spiro atoms. The molecule has 0 bridgehead atoms. The van der Waals surface area contributed by atoms with Crippen LogP contribution in [0.5, 0.6) is 0 Å². The lowest BCUT2D eigenvalue weighted by molar-refractivity contribution is -0.211. The van der Waals surface area contributed by atoms with Gasteiger partial charge < -0.3 is 35.4 Å². The molecule has 0 radical (unpaired) electrons. The summed E-state index contributed by atoms with van der Waals surface area (Å²) in [4.78, 5) is 0. The van der Waals surface area contributed by atoms with E-state index in [9.17, 15) is 25.5 Å². The summed E-state index contributed by atoms with van der Waals surface area (Å²) < 4.78 is 5.05. The Morgan fingerprint density at radius 1 is 0.640 bits per heavy atom. The number of ether oxygens (including phenoxy) is 1. The van der Waals surface area contributed by atoms with E-state index in [-0.39, 0.29) is 6.61 Å². The van der Waals surface area contributed by atoms with Gasteiger partial charge in [-0.25, -0.2) is 0 Å².